The molecule has 0 bridgehead atoms. The van der Waals surface area contributed by atoms with Crippen molar-refractivity contribution in [1.29, 1.82) is 0 Å². The fraction of sp³-hybridized carbons (Fsp3) is 0.833. The van der Waals surface area contributed by atoms with Crippen molar-refractivity contribution in [2.75, 3.05) is 13.2 Å². The highest BCUT2D eigenvalue weighted by atomic mass is 16.5. The first-order valence-electron chi connectivity index (χ1n) is 5.79. The summed E-state index contributed by atoms with van der Waals surface area (Å²) >= 11 is 0. The van der Waals surface area contributed by atoms with Crippen LogP contribution in [0.2, 0.25) is 0 Å². The maximum absolute atomic E-state index is 11.8. The molecule has 16 heavy (non-hydrogen) atoms. The van der Waals surface area contributed by atoms with E-state index in [0.717, 1.165) is 0 Å². The molecule has 92 valence electrons. The predicted molar refractivity (Wildman–Crippen MR) is 61.0 cm³/mol. The molecule has 0 aliphatic carbocycles. The van der Waals surface area contributed by atoms with Gasteiger partial charge in [0.2, 0.25) is 0 Å². The Labute approximate surface area is 96.7 Å². The smallest absolute Gasteiger partial charge is 0.317 e. The van der Waals surface area contributed by atoms with Crippen molar-refractivity contribution < 1.29 is 14.3 Å². The second kappa shape index (κ2) is 4.95. The van der Waals surface area contributed by atoms with E-state index in [9.17, 15) is 9.59 Å². The van der Waals surface area contributed by atoms with Gasteiger partial charge >= 0.3 is 5.97 Å². The fourth-order valence-electron chi connectivity index (χ4n) is 1.86. The minimum atomic E-state index is -0.612. The molecule has 2 unspecified atom stereocenters. The van der Waals surface area contributed by atoms with Crippen molar-refractivity contribution in [1.82, 2.24) is 5.32 Å². The molecule has 0 spiro atoms. The van der Waals surface area contributed by atoms with Crippen molar-refractivity contribution >= 4 is 11.8 Å². The molecule has 0 aromatic rings. The average molecular weight is 227 g/mol. The summed E-state index contributed by atoms with van der Waals surface area (Å²) in [5, 5.41) is 3.26. The molecule has 1 aliphatic heterocycles. The Hall–Kier alpha value is -0.900. The maximum atomic E-state index is 11.8. The largest absolute Gasteiger partial charge is 0.465 e. The number of esters is 1. The van der Waals surface area contributed by atoms with Crippen molar-refractivity contribution in [3.63, 3.8) is 0 Å². The molecular formula is C12H21NO3. The van der Waals surface area contributed by atoms with E-state index < -0.39 is 11.9 Å². The molecule has 0 radical (unpaired) electrons. The van der Waals surface area contributed by atoms with Gasteiger partial charge in [-0.15, -0.1) is 0 Å². The van der Waals surface area contributed by atoms with E-state index in [4.69, 9.17) is 4.74 Å². The van der Waals surface area contributed by atoms with Crippen LogP contribution in [0.5, 0.6) is 0 Å². The first-order chi connectivity index (χ1) is 7.36. The second-order valence-corrected chi connectivity index (χ2v) is 5.30. The van der Waals surface area contributed by atoms with Crippen LogP contribution < -0.4 is 5.32 Å². The van der Waals surface area contributed by atoms with E-state index in [0.29, 0.717) is 19.6 Å². The van der Waals surface area contributed by atoms with Crippen LogP contribution in [0, 0.1) is 11.3 Å². The molecular weight excluding hydrogens is 206 g/mol. The molecule has 0 amide bonds. The Morgan fingerprint density at radius 2 is 2.12 bits per heavy atom. The van der Waals surface area contributed by atoms with E-state index in [2.05, 4.69) is 26.1 Å². The van der Waals surface area contributed by atoms with Crippen LogP contribution in [0.25, 0.3) is 0 Å². The zero-order valence-electron chi connectivity index (χ0n) is 10.5. The first-order valence-corrected chi connectivity index (χ1v) is 5.79. The number of rotatable bonds is 2. The lowest BCUT2D eigenvalue weighted by Gasteiger charge is -2.36. The molecule has 1 saturated heterocycles. The lowest BCUT2D eigenvalue weighted by atomic mass is 9.79. The van der Waals surface area contributed by atoms with Crippen LogP contribution in [0.1, 0.15) is 34.1 Å². The molecule has 4 heteroatoms. The molecule has 1 heterocycles. The summed E-state index contributed by atoms with van der Waals surface area (Å²) in [6, 6.07) is 0.144. The minimum Gasteiger partial charge on any atom is -0.465 e. The van der Waals surface area contributed by atoms with E-state index >= 15 is 0 Å². The Bertz CT molecular complexity index is 280. The fourth-order valence-corrected chi connectivity index (χ4v) is 1.86. The Kier molecular flexibility index (Phi) is 4.08. The quantitative estimate of drug-likeness (QED) is 0.568. The monoisotopic (exact) mass is 227 g/mol. The molecule has 1 fully saturated rings. The standard InChI is InChI=1S/C12H21NO3/c1-5-16-11(15)8-7-13-10(6-9(8)14)12(2,3)4/h8,10,13H,5-7H2,1-4H3. The zero-order chi connectivity index (χ0) is 12.3. The van der Waals surface area contributed by atoms with E-state index in [-0.39, 0.29) is 17.2 Å². The van der Waals surface area contributed by atoms with Gasteiger partial charge in [0.1, 0.15) is 11.7 Å². The summed E-state index contributed by atoms with van der Waals surface area (Å²) in [5.74, 6) is -1.01. The summed E-state index contributed by atoms with van der Waals surface area (Å²) < 4.78 is 4.87. The number of Topliss-reactive ketones (excluding diaryl/α,β-unsaturated/α-hetero) is 1. The number of piperidine rings is 1. The van der Waals surface area contributed by atoms with Gasteiger partial charge in [-0.05, 0) is 12.3 Å². The third-order valence-corrected chi connectivity index (χ3v) is 2.98. The van der Waals surface area contributed by atoms with E-state index in [1.807, 2.05) is 0 Å². The zero-order valence-corrected chi connectivity index (χ0v) is 10.5. The Balaban J connectivity index is 2.59. The lowest BCUT2D eigenvalue weighted by Crippen LogP contribution is -2.52. The van der Waals surface area contributed by atoms with E-state index in [1.54, 1.807) is 6.92 Å². The Morgan fingerprint density at radius 3 is 2.56 bits per heavy atom. The van der Waals surface area contributed by atoms with Crippen molar-refractivity contribution in [3.8, 4) is 0 Å². The van der Waals surface area contributed by atoms with Gasteiger partial charge in [-0.2, -0.15) is 0 Å². The number of hydrogen-bond acceptors (Lipinski definition) is 4. The summed E-state index contributed by atoms with van der Waals surface area (Å²) in [4.78, 5) is 23.3. The van der Waals surface area contributed by atoms with Crippen LogP contribution >= 0.6 is 0 Å². The normalized spacial score (nSPS) is 26.6. The van der Waals surface area contributed by atoms with Gasteiger partial charge in [0.25, 0.3) is 0 Å². The molecule has 0 saturated carbocycles. The number of ketones is 1. The average Bonchev–Trinajstić information content (AvgIpc) is 2.16. The third-order valence-electron chi connectivity index (χ3n) is 2.98. The van der Waals surface area contributed by atoms with Gasteiger partial charge in [-0.3, -0.25) is 9.59 Å². The number of ether oxygens (including phenoxy) is 1. The molecule has 0 aromatic heterocycles. The molecule has 0 aromatic carbocycles. The van der Waals surface area contributed by atoms with Crippen molar-refractivity contribution in [3.05, 3.63) is 0 Å². The molecule has 1 rings (SSSR count). The van der Waals surface area contributed by atoms with Crippen molar-refractivity contribution in [2.24, 2.45) is 11.3 Å². The highest BCUT2D eigenvalue weighted by Gasteiger charge is 2.38. The number of nitrogens with one attached hydrogen (secondary N) is 1. The highest BCUT2D eigenvalue weighted by Crippen LogP contribution is 2.26. The van der Waals surface area contributed by atoms with Gasteiger partial charge < -0.3 is 10.1 Å². The highest BCUT2D eigenvalue weighted by molar-refractivity contribution is 6.00. The summed E-state index contributed by atoms with van der Waals surface area (Å²) in [6.45, 7) is 8.73. The minimum absolute atomic E-state index is 0.00266. The van der Waals surface area contributed by atoms with Crippen LogP contribution in [-0.2, 0) is 14.3 Å². The number of hydrogen-bond donors (Lipinski definition) is 1. The van der Waals surface area contributed by atoms with Gasteiger partial charge in [0.15, 0.2) is 0 Å². The number of carbonyl (C=O) groups excluding carboxylic acids is 2. The van der Waals surface area contributed by atoms with Gasteiger partial charge in [-0.25, -0.2) is 0 Å². The SMILES string of the molecule is CCOC(=O)C1CNC(C(C)(C)C)CC1=O. The van der Waals surface area contributed by atoms with Crippen molar-refractivity contribution in [2.45, 2.75) is 40.2 Å². The predicted octanol–water partition coefficient (Wildman–Crippen LogP) is 1.14. The second-order valence-electron chi connectivity index (χ2n) is 5.30. The Morgan fingerprint density at radius 1 is 1.50 bits per heavy atom. The summed E-state index contributed by atoms with van der Waals surface area (Å²) in [7, 11) is 0. The number of carbonyl (C=O) groups is 2. The summed E-state index contributed by atoms with van der Waals surface area (Å²) in [6.07, 6.45) is 0.410. The lowest BCUT2D eigenvalue weighted by molar-refractivity contribution is -0.152. The van der Waals surface area contributed by atoms with Crippen LogP contribution in [0.4, 0.5) is 0 Å². The molecule has 2 atom stereocenters. The maximum Gasteiger partial charge on any atom is 0.317 e. The van der Waals surface area contributed by atoms with Crippen LogP contribution in [0.15, 0.2) is 0 Å². The van der Waals surface area contributed by atoms with Gasteiger partial charge in [0, 0.05) is 19.0 Å². The topological polar surface area (TPSA) is 55.4 Å². The van der Waals surface area contributed by atoms with Gasteiger partial charge in [-0.1, -0.05) is 20.8 Å². The van der Waals surface area contributed by atoms with Crippen LogP contribution in [0.3, 0.4) is 0 Å². The third kappa shape index (κ3) is 3.04. The molecule has 1 aliphatic rings. The van der Waals surface area contributed by atoms with Crippen LogP contribution in [-0.4, -0.2) is 30.9 Å². The van der Waals surface area contributed by atoms with E-state index in [1.165, 1.54) is 0 Å². The summed E-state index contributed by atoms with van der Waals surface area (Å²) in [5.41, 5.74) is 0.0370. The first kappa shape index (κ1) is 13.2. The molecule has 4 nitrogen and oxygen atoms in total. The van der Waals surface area contributed by atoms with Gasteiger partial charge in [0.05, 0.1) is 6.61 Å². The molecule has 1 N–H and O–H groups in total.